The molecule has 1 aliphatic heterocycles. The van der Waals surface area contributed by atoms with Gasteiger partial charge in [-0.3, -0.25) is 14.4 Å². The zero-order chi connectivity index (χ0) is 12.3. The van der Waals surface area contributed by atoms with E-state index in [4.69, 9.17) is 4.74 Å². The third-order valence-electron chi connectivity index (χ3n) is 2.94. The highest BCUT2D eigenvalue weighted by Gasteiger charge is 2.28. The molecule has 0 aromatic heterocycles. The van der Waals surface area contributed by atoms with Crippen molar-refractivity contribution in [1.29, 1.82) is 0 Å². The molecule has 6 heteroatoms. The molecule has 0 aromatic carbocycles. The first-order valence-corrected chi connectivity index (χ1v) is 5.86. The second-order valence-electron chi connectivity index (χ2n) is 4.49. The molecule has 2 amide bonds. The van der Waals surface area contributed by atoms with Crippen LogP contribution in [-0.2, 0) is 19.1 Å². The summed E-state index contributed by atoms with van der Waals surface area (Å²) in [7, 11) is 0. The van der Waals surface area contributed by atoms with Crippen molar-refractivity contribution in [2.45, 2.75) is 25.3 Å². The Kier molecular flexibility index (Phi) is 3.73. The summed E-state index contributed by atoms with van der Waals surface area (Å²) in [6.45, 7) is 0.989. The van der Waals surface area contributed by atoms with Gasteiger partial charge in [-0.15, -0.1) is 0 Å². The highest BCUT2D eigenvalue weighted by atomic mass is 16.5. The van der Waals surface area contributed by atoms with E-state index in [0.29, 0.717) is 25.5 Å². The topological polar surface area (TPSA) is 84.5 Å². The summed E-state index contributed by atoms with van der Waals surface area (Å²) in [6, 6.07) is -0.581. The Hall–Kier alpha value is -1.43. The van der Waals surface area contributed by atoms with Crippen LogP contribution in [0.15, 0.2) is 0 Å². The number of nitrogens with one attached hydrogen (secondary N) is 2. The third-order valence-corrected chi connectivity index (χ3v) is 2.94. The standard InChI is InChI=1S/C11H16N2O4/c14-9-6-17-4-3-8(9)13-11(16)10(15)12-5-7-1-2-7/h7-8H,1-6H2,(H,12,15)(H,13,16). The molecule has 94 valence electrons. The van der Waals surface area contributed by atoms with Crippen molar-refractivity contribution >= 4 is 17.6 Å². The van der Waals surface area contributed by atoms with E-state index in [1.807, 2.05) is 0 Å². The lowest BCUT2D eigenvalue weighted by molar-refractivity contribution is -0.142. The predicted octanol–water partition coefficient (Wildman–Crippen LogP) is -1.01. The van der Waals surface area contributed by atoms with Crippen molar-refractivity contribution < 1.29 is 19.1 Å². The van der Waals surface area contributed by atoms with Gasteiger partial charge in [0.05, 0.1) is 6.04 Å². The number of hydrogen-bond donors (Lipinski definition) is 2. The van der Waals surface area contributed by atoms with Gasteiger partial charge in [0.25, 0.3) is 0 Å². The largest absolute Gasteiger partial charge is 0.374 e. The lowest BCUT2D eigenvalue weighted by atomic mass is 10.1. The highest BCUT2D eigenvalue weighted by molar-refractivity contribution is 6.35. The van der Waals surface area contributed by atoms with E-state index in [1.54, 1.807) is 0 Å². The van der Waals surface area contributed by atoms with Gasteiger partial charge < -0.3 is 15.4 Å². The van der Waals surface area contributed by atoms with Crippen LogP contribution in [0, 0.1) is 5.92 Å². The molecule has 1 atom stereocenters. The summed E-state index contributed by atoms with van der Waals surface area (Å²) in [6.07, 6.45) is 2.65. The first-order valence-electron chi connectivity index (χ1n) is 5.86. The molecule has 2 fully saturated rings. The summed E-state index contributed by atoms with van der Waals surface area (Å²) >= 11 is 0. The van der Waals surface area contributed by atoms with Crippen LogP contribution in [0.3, 0.4) is 0 Å². The molecule has 0 bridgehead atoms. The lowest BCUT2D eigenvalue weighted by Crippen LogP contribution is -2.50. The van der Waals surface area contributed by atoms with Crippen molar-refractivity contribution in [3.8, 4) is 0 Å². The second-order valence-corrected chi connectivity index (χ2v) is 4.49. The molecule has 2 N–H and O–H groups in total. The van der Waals surface area contributed by atoms with Gasteiger partial charge in [-0.2, -0.15) is 0 Å². The fraction of sp³-hybridized carbons (Fsp3) is 0.727. The number of ketones is 1. The molecular weight excluding hydrogens is 224 g/mol. The number of hydrogen-bond acceptors (Lipinski definition) is 4. The number of carbonyl (C=O) groups is 3. The van der Waals surface area contributed by atoms with E-state index in [2.05, 4.69) is 10.6 Å². The third kappa shape index (κ3) is 3.52. The molecule has 6 nitrogen and oxygen atoms in total. The zero-order valence-corrected chi connectivity index (χ0v) is 9.53. The summed E-state index contributed by atoms with van der Waals surface area (Å²) in [4.78, 5) is 34.2. The first-order chi connectivity index (χ1) is 8.16. The Labute approximate surface area is 99.1 Å². The summed E-state index contributed by atoms with van der Waals surface area (Å²) < 4.78 is 4.94. The molecule has 2 aliphatic rings. The Morgan fingerprint density at radius 1 is 1.24 bits per heavy atom. The van der Waals surface area contributed by atoms with Crippen LogP contribution in [0.1, 0.15) is 19.3 Å². The minimum Gasteiger partial charge on any atom is -0.374 e. The molecule has 2 rings (SSSR count). The van der Waals surface area contributed by atoms with E-state index >= 15 is 0 Å². The number of amides is 2. The number of carbonyl (C=O) groups excluding carboxylic acids is 3. The average Bonchev–Trinajstić information content (AvgIpc) is 3.13. The molecule has 1 unspecified atom stereocenters. The van der Waals surface area contributed by atoms with Gasteiger partial charge in [0.1, 0.15) is 6.61 Å². The second kappa shape index (κ2) is 5.27. The first kappa shape index (κ1) is 12.0. The van der Waals surface area contributed by atoms with Crippen molar-refractivity contribution in [1.82, 2.24) is 10.6 Å². The summed E-state index contributed by atoms with van der Waals surface area (Å²) in [5.41, 5.74) is 0. The molecule has 1 heterocycles. The Balaban J connectivity index is 1.74. The maximum Gasteiger partial charge on any atom is 0.309 e. The lowest BCUT2D eigenvalue weighted by Gasteiger charge is -2.21. The van der Waals surface area contributed by atoms with E-state index in [1.165, 1.54) is 0 Å². The van der Waals surface area contributed by atoms with E-state index in [9.17, 15) is 14.4 Å². The van der Waals surface area contributed by atoms with Gasteiger partial charge >= 0.3 is 11.8 Å². The SMILES string of the molecule is O=C(NCC1CC1)C(=O)NC1CCOCC1=O. The Morgan fingerprint density at radius 3 is 2.65 bits per heavy atom. The van der Waals surface area contributed by atoms with Crippen molar-refractivity contribution in [2.75, 3.05) is 19.8 Å². The van der Waals surface area contributed by atoms with Crippen LogP contribution in [-0.4, -0.2) is 43.4 Å². The molecule has 1 saturated carbocycles. The quantitative estimate of drug-likeness (QED) is 0.619. The molecule has 1 aliphatic carbocycles. The molecule has 0 radical (unpaired) electrons. The smallest absolute Gasteiger partial charge is 0.309 e. The monoisotopic (exact) mass is 240 g/mol. The minimum atomic E-state index is -0.731. The van der Waals surface area contributed by atoms with E-state index < -0.39 is 17.9 Å². The Bertz CT molecular complexity index is 338. The summed E-state index contributed by atoms with van der Waals surface area (Å²) in [5, 5.41) is 4.99. The van der Waals surface area contributed by atoms with Gasteiger partial charge in [-0.1, -0.05) is 0 Å². The van der Waals surface area contributed by atoms with Gasteiger partial charge in [0, 0.05) is 13.2 Å². The van der Waals surface area contributed by atoms with Gasteiger partial charge in [-0.05, 0) is 25.2 Å². The van der Waals surface area contributed by atoms with Crippen molar-refractivity contribution in [3.63, 3.8) is 0 Å². The highest BCUT2D eigenvalue weighted by Crippen LogP contribution is 2.27. The molecular formula is C11H16N2O4. The number of rotatable bonds is 3. The number of Topliss-reactive ketones (excluding diaryl/α,β-unsaturated/α-hetero) is 1. The molecule has 0 spiro atoms. The maximum absolute atomic E-state index is 11.5. The van der Waals surface area contributed by atoms with Gasteiger partial charge in [0.2, 0.25) is 0 Å². The van der Waals surface area contributed by atoms with Crippen LogP contribution in [0.2, 0.25) is 0 Å². The van der Waals surface area contributed by atoms with Crippen molar-refractivity contribution in [3.05, 3.63) is 0 Å². The van der Waals surface area contributed by atoms with Crippen LogP contribution in [0.4, 0.5) is 0 Å². The van der Waals surface area contributed by atoms with Gasteiger partial charge in [-0.25, -0.2) is 0 Å². The van der Waals surface area contributed by atoms with E-state index in [0.717, 1.165) is 12.8 Å². The minimum absolute atomic E-state index is 0.00857. The molecule has 17 heavy (non-hydrogen) atoms. The van der Waals surface area contributed by atoms with Crippen LogP contribution in [0.25, 0.3) is 0 Å². The fourth-order valence-corrected chi connectivity index (χ4v) is 1.65. The Morgan fingerprint density at radius 2 is 2.00 bits per heavy atom. The number of ether oxygens (including phenoxy) is 1. The van der Waals surface area contributed by atoms with Crippen LogP contribution in [0.5, 0.6) is 0 Å². The van der Waals surface area contributed by atoms with Gasteiger partial charge in [0.15, 0.2) is 5.78 Å². The fourth-order valence-electron chi connectivity index (χ4n) is 1.65. The molecule has 1 saturated heterocycles. The van der Waals surface area contributed by atoms with Crippen LogP contribution < -0.4 is 10.6 Å². The molecule has 0 aromatic rings. The normalized spacial score (nSPS) is 24.2. The average molecular weight is 240 g/mol. The zero-order valence-electron chi connectivity index (χ0n) is 9.53. The predicted molar refractivity (Wildman–Crippen MR) is 58.1 cm³/mol. The van der Waals surface area contributed by atoms with Crippen molar-refractivity contribution in [2.24, 2.45) is 5.92 Å². The maximum atomic E-state index is 11.5. The summed E-state index contributed by atoms with van der Waals surface area (Å²) in [5.74, 6) is -1.04. The van der Waals surface area contributed by atoms with Crippen LogP contribution >= 0.6 is 0 Å². The van der Waals surface area contributed by atoms with E-state index in [-0.39, 0.29) is 12.4 Å².